The summed E-state index contributed by atoms with van der Waals surface area (Å²) in [6.45, 7) is 9.09. The minimum atomic E-state index is 0.452. The van der Waals surface area contributed by atoms with Gasteiger partial charge in [0.1, 0.15) is 0 Å². The molecule has 1 aromatic rings. The lowest BCUT2D eigenvalue weighted by Gasteiger charge is -2.25. The van der Waals surface area contributed by atoms with Gasteiger partial charge in [-0.3, -0.25) is 0 Å². The molecular formula is C15H23N. The molecule has 0 bridgehead atoms. The lowest BCUT2D eigenvalue weighted by Crippen LogP contribution is -2.35. The summed E-state index contributed by atoms with van der Waals surface area (Å²) in [5, 5.41) is 3.72. The third kappa shape index (κ3) is 2.46. The van der Waals surface area contributed by atoms with Crippen LogP contribution in [0.4, 0.5) is 0 Å². The molecule has 0 saturated heterocycles. The molecule has 2 rings (SSSR count). The summed E-state index contributed by atoms with van der Waals surface area (Å²) >= 11 is 0. The summed E-state index contributed by atoms with van der Waals surface area (Å²) in [6.07, 6.45) is 2.75. The third-order valence-electron chi connectivity index (χ3n) is 4.16. The Labute approximate surface area is 99.3 Å². The highest BCUT2D eigenvalue weighted by atomic mass is 15.0. The van der Waals surface area contributed by atoms with Crippen molar-refractivity contribution in [1.29, 1.82) is 0 Å². The number of hydrogen-bond acceptors (Lipinski definition) is 1. The van der Waals surface area contributed by atoms with Crippen molar-refractivity contribution in [2.24, 2.45) is 5.41 Å². The number of aryl methyl sites for hydroxylation is 1. The molecule has 0 spiro atoms. The molecule has 0 heterocycles. The van der Waals surface area contributed by atoms with Gasteiger partial charge in [-0.1, -0.05) is 36.8 Å². The van der Waals surface area contributed by atoms with Crippen LogP contribution in [0.25, 0.3) is 0 Å². The Hall–Kier alpha value is -0.820. The van der Waals surface area contributed by atoms with Gasteiger partial charge in [0.25, 0.3) is 0 Å². The van der Waals surface area contributed by atoms with Crippen LogP contribution in [0.3, 0.4) is 0 Å². The van der Waals surface area contributed by atoms with E-state index in [0.29, 0.717) is 17.5 Å². The van der Waals surface area contributed by atoms with Gasteiger partial charge in [-0.05, 0) is 44.6 Å². The van der Waals surface area contributed by atoms with Gasteiger partial charge in [0.05, 0.1) is 0 Å². The van der Waals surface area contributed by atoms with Crippen molar-refractivity contribution < 1.29 is 0 Å². The highest BCUT2D eigenvalue weighted by Crippen LogP contribution is 2.48. The molecular weight excluding hydrogens is 194 g/mol. The maximum absolute atomic E-state index is 3.72. The normalized spacial score (nSPS) is 21.5. The second-order valence-corrected chi connectivity index (χ2v) is 5.67. The highest BCUT2D eigenvalue weighted by Gasteiger charge is 2.42. The van der Waals surface area contributed by atoms with E-state index < -0.39 is 0 Å². The Morgan fingerprint density at radius 2 is 1.69 bits per heavy atom. The molecule has 1 unspecified atom stereocenters. The second-order valence-electron chi connectivity index (χ2n) is 5.67. The van der Waals surface area contributed by atoms with Crippen LogP contribution in [0.15, 0.2) is 24.3 Å². The number of nitrogens with one attached hydrogen (secondary N) is 1. The number of hydrogen-bond donors (Lipinski definition) is 1. The van der Waals surface area contributed by atoms with E-state index >= 15 is 0 Å². The fourth-order valence-electron chi connectivity index (χ4n) is 2.16. The van der Waals surface area contributed by atoms with Gasteiger partial charge in [-0.2, -0.15) is 0 Å². The number of rotatable bonds is 4. The van der Waals surface area contributed by atoms with Gasteiger partial charge in [0.2, 0.25) is 0 Å². The Morgan fingerprint density at radius 1 is 1.12 bits per heavy atom. The van der Waals surface area contributed by atoms with Gasteiger partial charge in [-0.15, -0.1) is 0 Å². The van der Waals surface area contributed by atoms with E-state index in [4.69, 9.17) is 0 Å². The fraction of sp³-hybridized carbons (Fsp3) is 0.600. The lowest BCUT2D eigenvalue weighted by atomic mass is 9.98. The van der Waals surface area contributed by atoms with E-state index in [-0.39, 0.29) is 0 Å². The Morgan fingerprint density at radius 3 is 2.19 bits per heavy atom. The van der Waals surface area contributed by atoms with Crippen LogP contribution < -0.4 is 5.32 Å². The van der Waals surface area contributed by atoms with E-state index in [1.807, 2.05) is 0 Å². The van der Waals surface area contributed by atoms with Gasteiger partial charge in [0, 0.05) is 12.1 Å². The minimum Gasteiger partial charge on any atom is -0.307 e. The zero-order chi connectivity index (χ0) is 11.8. The molecule has 0 aromatic heterocycles. The first-order valence-electron chi connectivity index (χ1n) is 6.34. The van der Waals surface area contributed by atoms with E-state index in [0.717, 1.165) is 0 Å². The van der Waals surface area contributed by atoms with Crippen molar-refractivity contribution in [2.75, 3.05) is 0 Å². The maximum atomic E-state index is 3.72. The van der Waals surface area contributed by atoms with E-state index in [9.17, 15) is 0 Å². The Kier molecular flexibility index (Phi) is 3.07. The van der Waals surface area contributed by atoms with Crippen LogP contribution in [-0.4, -0.2) is 6.04 Å². The Balaban J connectivity index is 1.97. The molecule has 1 N–H and O–H groups in total. The number of benzene rings is 1. The largest absolute Gasteiger partial charge is 0.307 e. The summed E-state index contributed by atoms with van der Waals surface area (Å²) in [5.74, 6) is 0. The molecule has 1 aliphatic carbocycles. The van der Waals surface area contributed by atoms with Crippen LogP contribution in [-0.2, 0) is 0 Å². The monoisotopic (exact) mass is 217 g/mol. The summed E-state index contributed by atoms with van der Waals surface area (Å²) in [6, 6.07) is 9.91. The summed E-state index contributed by atoms with van der Waals surface area (Å²) in [4.78, 5) is 0. The topological polar surface area (TPSA) is 12.0 Å². The molecule has 1 fully saturated rings. The summed E-state index contributed by atoms with van der Waals surface area (Å²) in [5.41, 5.74) is 3.28. The third-order valence-corrected chi connectivity index (χ3v) is 4.16. The van der Waals surface area contributed by atoms with Crippen LogP contribution in [0.2, 0.25) is 0 Å². The first-order valence-corrected chi connectivity index (χ1v) is 6.34. The van der Waals surface area contributed by atoms with Crippen LogP contribution in [0, 0.1) is 12.3 Å². The fourth-order valence-corrected chi connectivity index (χ4v) is 2.16. The van der Waals surface area contributed by atoms with E-state index in [1.54, 1.807) is 0 Å². The van der Waals surface area contributed by atoms with E-state index in [1.165, 1.54) is 24.0 Å². The van der Waals surface area contributed by atoms with Gasteiger partial charge in [0.15, 0.2) is 0 Å². The molecule has 1 heteroatoms. The van der Waals surface area contributed by atoms with Crippen molar-refractivity contribution in [2.45, 2.75) is 52.6 Å². The molecule has 2 atom stereocenters. The van der Waals surface area contributed by atoms with Crippen molar-refractivity contribution in [3.05, 3.63) is 35.4 Å². The van der Waals surface area contributed by atoms with Crippen molar-refractivity contribution >= 4 is 0 Å². The Bertz CT molecular complexity index is 348. The van der Waals surface area contributed by atoms with Crippen molar-refractivity contribution in [3.63, 3.8) is 0 Å². The van der Waals surface area contributed by atoms with Crippen LogP contribution in [0.5, 0.6) is 0 Å². The molecule has 1 aromatic carbocycles. The van der Waals surface area contributed by atoms with Crippen molar-refractivity contribution in [3.8, 4) is 0 Å². The predicted molar refractivity (Wildman–Crippen MR) is 69.5 cm³/mol. The molecule has 1 saturated carbocycles. The van der Waals surface area contributed by atoms with Crippen LogP contribution in [0.1, 0.15) is 50.8 Å². The quantitative estimate of drug-likeness (QED) is 0.808. The average molecular weight is 217 g/mol. The SMILES string of the molecule is Cc1ccc([C@H](C)NC(C)C2(C)CC2)cc1. The first kappa shape index (κ1) is 11.7. The maximum Gasteiger partial charge on any atom is 0.0294 e. The molecule has 88 valence electrons. The lowest BCUT2D eigenvalue weighted by molar-refractivity contribution is 0.350. The molecule has 0 amide bonds. The predicted octanol–water partition coefficient (Wildman–Crippen LogP) is 3.83. The van der Waals surface area contributed by atoms with Gasteiger partial charge in [-0.25, -0.2) is 0 Å². The highest BCUT2D eigenvalue weighted by molar-refractivity contribution is 5.23. The zero-order valence-corrected chi connectivity index (χ0v) is 10.9. The summed E-state index contributed by atoms with van der Waals surface area (Å²) in [7, 11) is 0. The summed E-state index contributed by atoms with van der Waals surface area (Å²) < 4.78 is 0. The standard InChI is InChI=1S/C15H23N/c1-11-5-7-14(8-6-11)12(2)16-13(3)15(4)9-10-15/h5-8,12-13,16H,9-10H2,1-4H3/t12-,13?/m0/s1. The van der Waals surface area contributed by atoms with Gasteiger partial charge >= 0.3 is 0 Å². The molecule has 1 nitrogen and oxygen atoms in total. The molecule has 16 heavy (non-hydrogen) atoms. The second kappa shape index (κ2) is 4.21. The van der Waals surface area contributed by atoms with Crippen LogP contribution >= 0.6 is 0 Å². The first-order chi connectivity index (χ1) is 7.51. The van der Waals surface area contributed by atoms with E-state index in [2.05, 4.69) is 57.3 Å². The smallest absolute Gasteiger partial charge is 0.0294 e. The van der Waals surface area contributed by atoms with Crippen molar-refractivity contribution in [1.82, 2.24) is 5.32 Å². The molecule has 0 aliphatic heterocycles. The zero-order valence-electron chi connectivity index (χ0n) is 10.9. The molecule has 1 aliphatic rings. The molecule has 0 radical (unpaired) electrons. The minimum absolute atomic E-state index is 0.452. The van der Waals surface area contributed by atoms with Gasteiger partial charge < -0.3 is 5.32 Å². The average Bonchev–Trinajstić information content (AvgIpc) is 2.99.